The fourth-order valence-corrected chi connectivity index (χ4v) is 1.28. The molecule has 2 aromatic rings. The van der Waals surface area contributed by atoms with Gasteiger partial charge in [-0.1, -0.05) is 13.8 Å². The first kappa shape index (κ1) is 11.2. The molecule has 0 radical (unpaired) electrons. The second-order valence-corrected chi connectivity index (χ2v) is 2.71. The van der Waals surface area contributed by atoms with Crippen LogP contribution in [0, 0.1) is 6.92 Å². The van der Waals surface area contributed by atoms with Crippen molar-refractivity contribution >= 4 is 17.0 Å². The standard InChI is InChI=1S/C8H7N3O2.C2H6/c1-4-6-5(8(12)13)2-3-9-7(6)11-10-4;1-2/h2-3H,1H3,(H,12,13)(H,9,10,11);1-2H3. The predicted octanol–water partition coefficient (Wildman–Crippen LogP) is 1.99. The van der Waals surface area contributed by atoms with Crippen LogP contribution in [0.1, 0.15) is 29.9 Å². The van der Waals surface area contributed by atoms with Crippen molar-refractivity contribution in [2.24, 2.45) is 0 Å². The summed E-state index contributed by atoms with van der Waals surface area (Å²) >= 11 is 0. The number of carboxylic acids is 1. The number of fused-ring (bicyclic) bond motifs is 1. The summed E-state index contributed by atoms with van der Waals surface area (Å²) in [5.74, 6) is -0.961. The number of rotatable bonds is 1. The number of aromatic nitrogens is 3. The molecule has 80 valence electrons. The minimum Gasteiger partial charge on any atom is -0.478 e. The molecule has 0 spiro atoms. The van der Waals surface area contributed by atoms with Crippen LogP contribution in [0.2, 0.25) is 0 Å². The zero-order valence-corrected chi connectivity index (χ0v) is 8.90. The number of carbonyl (C=O) groups is 1. The maximum atomic E-state index is 10.8. The summed E-state index contributed by atoms with van der Waals surface area (Å²) in [6.45, 7) is 5.77. The Balaban J connectivity index is 0.000000531. The van der Waals surface area contributed by atoms with E-state index in [1.165, 1.54) is 12.3 Å². The van der Waals surface area contributed by atoms with Gasteiger partial charge in [0.15, 0.2) is 5.65 Å². The molecule has 5 nitrogen and oxygen atoms in total. The summed E-state index contributed by atoms with van der Waals surface area (Å²) in [7, 11) is 0. The highest BCUT2D eigenvalue weighted by atomic mass is 16.4. The van der Waals surface area contributed by atoms with Gasteiger partial charge in [0.2, 0.25) is 0 Å². The Morgan fingerprint density at radius 1 is 1.47 bits per heavy atom. The molecule has 2 rings (SSSR count). The van der Waals surface area contributed by atoms with Crippen LogP contribution >= 0.6 is 0 Å². The molecule has 0 aliphatic rings. The largest absolute Gasteiger partial charge is 0.478 e. The van der Waals surface area contributed by atoms with Gasteiger partial charge in [0, 0.05) is 11.9 Å². The van der Waals surface area contributed by atoms with Crippen molar-refractivity contribution in [2.75, 3.05) is 0 Å². The van der Waals surface area contributed by atoms with Crippen molar-refractivity contribution < 1.29 is 9.90 Å². The van der Waals surface area contributed by atoms with E-state index in [2.05, 4.69) is 15.2 Å². The van der Waals surface area contributed by atoms with Gasteiger partial charge in [-0.2, -0.15) is 5.10 Å². The average Bonchev–Trinajstić information content (AvgIpc) is 2.63. The van der Waals surface area contributed by atoms with Crippen molar-refractivity contribution in [3.63, 3.8) is 0 Å². The molecular weight excluding hydrogens is 194 g/mol. The number of H-pyrrole nitrogens is 1. The van der Waals surface area contributed by atoms with Gasteiger partial charge in [-0.25, -0.2) is 9.78 Å². The molecule has 2 heterocycles. The van der Waals surface area contributed by atoms with Gasteiger partial charge in [-0.15, -0.1) is 0 Å². The smallest absolute Gasteiger partial charge is 0.336 e. The summed E-state index contributed by atoms with van der Waals surface area (Å²) in [4.78, 5) is 14.7. The van der Waals surface area contributed by atoms with E-state index in [0.29, 0.717) is 11.0 Å². The van der Waals surface area contributed by atoms with E-state index in [9.17, 15) is 4.79 Å². The minimum atomic E-state index is -0.961. The third kappa shape index (κ3) is 1.96. The molecule has 0 aromatic carbocycles. The molecule has 0 saturated carbocycles. The molecule has 0 bridgehead atoms. The lowest BCUT2D eigenvalue weighted by molar-refractivity contribution is 0.0699. The number of hydrogen-bond donors (Lipinski definition) is 2. The monoisotopic (exact) mass is 207 g/mol. The first-order chi connectivity index (χ1) is 7.20. The van der Waals surface area contributed by atoms with Crippen LogP contribution in [0.15, 0.2) is 12.3 Å². The lowest BCUT2D eigenvalue weighted by Crippen LogP contribution is -1.97. The Kier molecular flexibility index (Phi) is 3.38. The average molecular weight is 207 g/mol. The normalized spacial score (nSPS) is 9.53. The lowest BCUT2D eigenvalue weighted by atomic mass is 10.1. The number of nitrogens with zero attached hydrogens (tertiary/aromatic N) is 2. The summed E-state index contributed by atoms with van der Waals surface area (Å²) in [6, 6.07) is 1.47. The van der Waals surface area contributed by atoms with Gasteiger partial charge >= 0.3 is 5.97 Å². The number of nitrogens with one attached hydrogen (secondary N) is 1. The van der Waals surface area contributed by atoms with Crippen LogP contribution in [0.5, 0.6) is 0 Å². The van der Waals surface area contributed by atoms with Crippen molar-refractivity contribution in [1.82, 2.24) is 15.2 Å². The molecule has 2 N–H and O–H groups in total. The van der Waals surface area contributed by atoms with Gasteiger partial charge in [0.1, 0.15) is 0 Å². The van der Waals surface area contributed by atoms with Gasteiger partial charge in [-0.05, 0) is 13.0 Å². The number of pyridine rings is 1. The minimum absolute atomic E-state index is 0.233. The zero-order valence-electron chi connectivity index (χ0n) is 8.90. The van der Waals surface area contributed by atoms with E-state index < -0.39 is 5.97 Å². The summed E-state index contributed by atoms with van der Waals surface area (Å²) in [5, 5.41) is 16.0. The van der Waals surface area contributed by atoms with E-state index in [1.54, 1.807) is 6.92 Å². The van der Waals surface area contributed by atoms with Crippen molar-refractivity contribution in [1.29, 1.82) is 0 Å². The van der Waals surface area contributed by atoms with E-state index in [-0.39, 0.29) is 5.56 Å². The molecule has 0 amide bonds. The van der Waals surface area contributed by atoms with Crippen LogP contribution in [0.25, 0.3) is 11.0 Å². The Hall–Kier alpha value is -1.91. The topological polar surface area (TPSA) is 78.9 Å². The van der Waals surface area contributed by atoms with Crippen LogP contribution in [0.3, 0.4) is 0 Å². The van der Waals surface area contributed by atoms with E-state index in [0.717, 1.165) is 5.69 Å². The Bertz CT molecular complexity index is 476. The maximum absolute atomic E-state index is 10.8. The summed E-state index contributed by atoms with van der Waals surface area (Å²) in [5.41, 5.74) is 1.40. The number of aromatic carboxylic acids is 1. The number of aryl methyl sites for hydroxylation is 1. The van der Waals surface area contributed by atoms with E-state index in [4.69, 9.17) is 5.11 Å². The van der Waals surface area contributed by atoms with E-state index in [1.807, 2.05) is 13.8 Å². The Morgan fingerprint density at radius 2 is 2.13 bits per heavy atom. The van der Waals surface area contributed by atoms with Crippen LogP contribution < -0.4 is 0 Å². The van der Waals surface area contributed by atoms with Crippen molar-refractivity contribution in [3.8, 4) is 0 Å². The van der Waals surface area contributed by atoms with Crippen LogP contribution in [0.4, 0.5) is 0 Å². The van der Waals surface area contributed by atoms with Crippen LogP contribution in [-0.4, -0.2) is 26.3 Å². The number of aromatic amines is 1. The maximum Gasteiger partial charge on any atom is 0.336 e. The SMILES string of the molecule is CC.Cc1[nH]nc2nccc(C(=O)O)c12. The second-order valence-electron chi connectivity index (χ2n) is 2.71. The number of carboxylic acid groups (broad SMARTS) is 1. The summed E-state index contributed by atoms with van der Waals surface area (Å²) < 4.78 is 0. The molecule has 0 saturated heterocycles. The highest BCUT2D eigenvalue weighted by molar-refractivity contribution is 6.02. The molecular formula is C10H13N3O2. The van der Waals surface area contributed by atoms with Gasteiger partial charge < -0.3 is 5.11 Å². The molecule has 0 aliphatic carbocycles. The second kappa shape index (κ2) is 4.54. The molecule has 0 unspecified atom stereocenters. The van der Waals surface area contributed by atoms with E-state index >= 15 is 0 Å². The van der Waals surface area contributed by atoms with Gasteiger partial charge in [-0.3, -0.25) is 5.10 Å². The number of hydrogen-bond acceptors (Lipinski definition) is 3. The molecule has 0 fully saturated rings. The quantitative estimate of drug-likeness (QED) is 0.749. The van der Waals surface area contributed by atoms with Gasteiger partial charge in [0.05, 0.1) is 10.9 Å². The zero-order chi connectivity index (χ0) is 11.4. The summed E-state index contributed by atoms with van der Waals surface area (Å²) in [6.07, 6.45) is 1.44. The molecule has 2 aromatic heterocycles. The Labute approximate surface area is 87.2 Å². The molecule has 0 atom stereocenters. The Morgan fingerprint density at radius 3 is 2.73 bits per heavy atom. The van der Waals surface area contributed by atoms with Crippen molar-refractivity contribution in [2.45, 2.75) is 20.8 Å². The van der Waals surface area contributed by atoms with Crippen LogP contribution in [-0.2, 0) is 0 Å². The first-order valence-corrected chi connectivity index (χ1v) is 4.73. The highest BCUT2D eigenvalue weighted by Crippen LogP contribution is 2.17. The first-order valence-electron chi connectivity index (χ1n) is 4.73. The molecule has 0 aliphatic heterocycles. The fraction of sp³-hybridized carbons (Fsp3) is 0.300. The molecule has 15 heavy (non-hydrogen) atoms. The highest BCUT2D eigenvalue weighted by Gasteiger charge is 2.12. The third-order valence-electron chi connectivity index (χ3n) is 1.87. The molecule has 5 heteroatoms. The van der Waals surface area contributed by atoms with Gasteiger partial charge in [0.25, 0.3) is 0 Å². The third-order valence-corrected chi connectivity index (χ3v) is 1.87. The predicted molar refractivity (Wildman–Crippen MR) is 56.9 cm³/mol. The fourth-order valence-electron chi connectivity index (χ4n) is 1.28. The lowest BCUT2D eigenvalue weighted by Gasteiger charge is -1.95. The van der Waals surface area contributed by atoms with Crippen molar-refractivity contribution in [3.05, 3.63) is 23.5 Å².